The number of aliphatic hydroxyl groups is 2. The molecule has 1 aliphatic heterocycles. The van der Waals surface area contributed by atoms with E-state index in [2.05, 4.69) is 15.9 Å². The molecular formula is C21H20BrFO6S. The van der Waals surface area contributed by atoms with E-state index in [4.69, 9.17) is 19.7 Å². The quantitative estimate of drug-likeness (QED) is 0.447. The average Bonchev–Trinajstić information content (AvgIpc) is 3.05. The molecule has 1 saturated heterocycles. The molecule has 3 rings (SSSR count). The van der Waals surface area contributed by atoms with Gasteiger partial charge in [-0.2, -0.15) is 0 Å². The van der Waals surface area contributed by atoms with Gasteiger partial charge in [0.15, 0.2) is 12.3 Å². The number of ether oxygens (including phenoxy) is 2. The zero-order valence-corrected chi connectivity index (χ0v) is 18.1. The van der Waals surface area contributed by atoms with Crippen LogP contribution in [0.1, 0.15) is 31.8 Å². The number of benzene rings is 2. The number of aliphatic hydroxyl groups excluding tert-OH is 2. The van der Waals surface area contributed by atoms with Crippen LogP contribution in [0.3, 0.4) is 0 Å². The third-order valence-electron chi connectivity index (χ3n) is 4.60. The molecule has 9 heteroatoms. The van der Waals surface area contributed by atoms with Gasteiger partial charge >= 0.3 is 11.9 Å². The molecule has 1 fully saturated rings. The molecule has 2 N–H and O–H groups in total. The fraction of sp³-hybridized carbons (Fsp3) is 0.333. The molecular weight excluding hydrogens is 479 g/mol. The average molecular weight is 499 g/mol. The van der Waals surface area contributed by atoms with Gasteiger partial charge in [-0.25, -0.2) is 14.0 Å². The molecule has 6 nitrogen and oxygen atoms in total. The number of hydrogen-bond donors (Lipinski definition) is 2. The number of alkyl halides is 2. The normalized spacial score (nSPS) is 23.2. The van der Waals surface area contributed by atoms with Gasteiger partial charge in [0.25, 0.3) is 0 Å². The van der Waals surface area contributed by atoms with Crippen LogP contribution in [-0.2, 0) is 22.7 Å². The van der Waals surface area contributed by atoms with Crippen LogP contribution in [0.15, 0.2) is 48.5 Å². The van der Waals surface area contributed by atoms with Crippen molar-refractivity contribution in [3.8, 4) is 0 Å². The lowest BCUT2D eigenvalue weighted by molar-refractivity contribution is 0.00403. The van der Waals surface area contributed by atoms with Crippen molar-refractivity contribution in [1.82, 2.24) is 0 Å². The third-order valence-corrected chi connectivity index (χ3v) is 7.03. The summed E-state index contributed by atoms with van der Waals surface area (Å²) >= 11 is 4.41. The van der Waals surface area contributed by atoms with Gasteiger partial charge in [-0.1, -0.05) is 40.2 Å². The molecule has 1 aliphatic rings. The minimum Gasteiger partial charge on any atom is -0.461 e. The number of hydrogen-bond acceptors (Lipinski definition) is 7. The molecule has 0 spiro atoms. The summed E-state index contributed by atoms with van der Waals surface area (Å²) in [4.78, 5) is 24.7. The lowest BCUT2D eigenvalue weighted by Crippen LogP contribution is -2.36. The van der Waals surface area contributed by atoms with E-state index in [1.165, 1.54) is 36.0 Å². The molecule has 2 aromatic carbocycles. The second kappa shape index (κ2) is 10.4. The van der Waals surface area contributed by atoms with E-state index in [1.807, 2.05) is 0 Å². The van der Waals surface area contributed by atoms with E-state index in [0.717, 1.165) is 0 Å². The van der Waals surface area contributed by atoms with E-state index >= 15 is 0 Å². The molecule has 0 aromatic heterocycles. The van der Waals surface area contributed by atoms with Gasteiger partial charge in [-0.05, 0) is 35.4 Å². The monoisotopic (exact) mass is 498 g/mol. The zero-order valence-electron chi connectivity index (χ0n) is 15.7. The van der Waals surface area contributed by atoms with Crippen molar-refractivity contribution in [2.45, 2.75) is 34.9 Å². The van der Waals surface area contributed by atoms with Crippen LogP contribution < -0.4 is 0 Å². The Bertz CT molecular complexity index is 876. The second-order valence-electron chi connectivity index (χ2n) is 6.65. The van der Waals surface area contributed by atoms with Gasteiger partial charge in [0, 0.05) is 0 Å². The lowest BCUT2D eigenvalue weighted by atomic mass is 10.1. The van der Waals surface area contributed by atoms with E-state index in [-0.39, 0.29) is 25.4 Å². The van der Waals surface area contributed by atoms with Crippen LogP contribution in [0.5, 0.6) is 0 Å². The first-order valence-electron chi connectivity index (χ1n) is 9.14. The van der Waals surface area contributed by atoms with E-state index in [0.29, 0.717) is 16.7 Å². The highest BCUT2D eigenvalue weighted by atomic mass is 79.9. The summed E-state index contributed by atoms with van der Waals surface area (Å²) in [6.07, 6.45) is -2.56. The van der Waals surface area contributed by atoms with Crippen molar-refractivity contribution in [3.63, 3.8) is 0 Å². The summed E-state index contributed by atoms with van der Waals surface area (Å²) in [7, 11) is 0. The highest BCUT2D eigenvalue weighted by Crippen LogP contribution is 2.41. The van der Waals surface area contributed by atoms with Gasteiger partial charge in [0.1, 0.15) is 6.61 Å². The molecule has 30 heavy (non-hydrogen) atoms. The highest BCUT2D eigenvalue weighted by Gasteiger charge is 2.46. The molecule has 4 atom stereocenters. The fourth-order valence-corrected chi connectivity index (χ4v) is 5.15. The summed E-state index contributed by atoms with van der Waals surface area (Å²) in [5.74, 6) is -1.27. The van der Waals surface area contributed by atoms with Crippen molar-refractivity contribution in [1.29, 1.82) is 0 Å². The summed E-state index contributed by atoms with van der Waals surface area (Å²) in [6, 6.07) is 12.5. The molecule has 0 aliphatic carbocycles. The molecule has 0 bridgehead atoms. The van der Waals surface area contributed by atoms with Gasteiger partial charge in [-0.3, -0.25) is 0 Å². The predicted octanol–water partition coefficient (Wildman–Crippen LogP) is 3.23. The van der Waals surface area contributed by atoms with E-state index in [1.54, 1.807) is 24.3 Å². The number of thioether (sulfide) groups is 1. The first kappa shape index (κ1) is 22.7. The Morgan fingerprint density at radius 3 is 1.93 bits per heavy atom. The van der Waals surface area contributed by atoms with Crippen LogP contribution in [0.2, 0.25) is 0 Å². The van der Waals surface area contributed by atoms with Gasteiger partial charge in [0.05, 0.1) is 33.7 Å². The topological polar surface area (TPSA) is 93.1 Å². The Balaban J connectivity index is 1.62. The molecule has 0 saturated carbocycles. The maximum Gasteiger partial charge on any atom is 0.338 e. The van der Waals surface area contributed by atoms with Gasteiger partial charge in [0.2, 0.25) is 0 Å². The zero-order chi connectivity index (χ0) is 21.7. The first-order chi connectivity index (χ1) is 14.4. The number of carbonyl (C=O) groups is 2. The number of esters is 2. The molecule has 2 aromatic rings. The third kappa shape index (κ3) is 5.40. The number of carbonyl (C=O) groups excluding carboxylic acids is 2. The molecule has 160 valence electrons. The van der Waals surface area contributed by atoms with Crippen molar-refractivity contribution < 1.29 is 33.7 Å². The second-order valence-corrected chi connectivity index (χ2v) is 9.63. The van der Waals surface area contributed by atoms with Crippen LogP contribution in [-0.4, -0.2) is 50.4 Å². The summed E-state index contributed by atoms with van der Waals surface area (Å²) < 4.78 is 24.7. The largest absolute Gasteiger partial charge is 0.461 e. The van der Waals surface area contributed by atoms with Gasteiger partial charge < -0.3 is 19.7 Å². The standard InChI is InChI=1S/C21H20BrFO6S/c22-19-17(23)18(29-21(27)15-7-3-13(10-25)4-8-15)16(30-19)11-28-20(26)14-5-1-12(9-24)2-6-14/h1-8,16-19,24-25H,9-11H2/t16-,17+,18-,19+/m1/s1. The molecule has 0 unspecified atom stereocenters. The first-order valence-corrected chi connectivity index (χ1v) is 11.0. The van der Waals surface area contributed by atoms with Crippen molar-refractivity contribution in [2.75, 3.05) is 6.61 Å². The molecule has 0 radical (unpaired) electrons. The SMILES string of the molecule is O=C(OC[C@H]1S[C@H](Br)[C@@H](F)[C@@H]1OC(=O)c1ccc(CO)cc1)c1ccc(CO)cc1. The number of rotatable bonds is 7. The molecule has 0 amide bonds. The minimum absolute atomic E-state index is 0.130. The summed E-state index contributed by atoms with van der Waals surface area (Å²) in [5, 5.41) is 17.6. The highest BCUT2D eigenvalue weighted by molar-refractivity contribution is 9.11. The van der Waals surface area contributed by atoms with Crippen LogP contribution in [0, 0.1) is 0 Å². The molecule has 1 heterocycles. The Morgan fingerprint density at radius 1 is 0.933 bits per heavy atom. The van der Waals surface area contributed by atoms with Crippen molar-refractivity contribution in [3.05, 3.63) is 70.8 Å². The lowest BCUT2D eigenvalue weighted by Gasteiger charge is -2.20. The fourth-order valence-electron chi connectivity index (χ4n) is 2.87. The maximum atomic E-state index is 14.6. The maximum absolute atomic E-state index is 14.6. The predicted molar refractivity (Wildman–Crippen MR) is 113 cm³/mol. The Morgan fingerprint density at radius 2 is 1.43 bits per heavy atom. The summed E-state index contributed by atoms with van der Waals surface area (Å²) in [5.41, 5.74) is 1.85. The Labute approximate surface area is 185 Å². The van der Waals surface area contributed by atoms with Crippen LogP contribution in [0.25, 0.3) is 0 Å². The van der Waals surface area contributed by atoms with Crippen molar-refractivity contribution in [2.24, 2.45) is 0 Å². The van der Waals surface area contributed by atoms with E-state index in [9.17, 15) is 14.0 Å². The Hall–Kier alpha value is -1.94. The van der Waals surface area contributed by atoms with Crippen LogP contribution >= 0.6 is 27.7 Å². The van der Waals surface area contributed by atoms with Gasteiger partial charge in [-0.15, -0.1) is 11.8 Å². The smallest absolute Gasteiger partial charge is 0.338 e. The minimum atomic E-state index is -1.47. The number of halogens is 2. The Kier molecular flexibility index (Phi) is 7.87. The van der Waals surface area contributed by atoms with Crippen molar-refractivity contribution >= 4 is 39.6 Å². The summed E-state index contributed by atoms with van der Waals surface area (Å²) in [6.45, 7) is -0.411. The van der Waals surface area contributed by atoms with Crippen LogP contribution in [0.4, 0.5) is 4.39 Å². The van der Waals surface area contributed by atoms with E-state index < -0.39 is 33.6 Å².